The maximum atomic E-state index is 5.62. The molecule has 1 aliphatic carbocycles. The van der Waals surface area contributed by atoms with Crippen LogP contribution in [0.25, 0.3) is 0 Å². The summed E-state index contributed by atoms with van der Waals surface area (Å²) in [6.07, 6.45) is 7.89. The number of allylic oxidation sites excluding steroid dienone is 1. The van der Waals surface area contributed by atoms with Crippen LogP contribution in [-0.2, 0) is 17.8 Å². The summed E-state index contributed by atoms with van der Waals surface area (Å²) in [6, 6.07) is 9.61. The molecule has 1 aromatic rings. The first-order valence-corrected chi connectivity index (χ1v) is 7.38. The third kappa shape index (κ3) is 6.04. The topological polar surface area (TPSA) is 21.3 Å². The van der Waals surface area contributed by atoms with Crippen molar-refractivity contribution in [3.05, 3.63) is 48.0 Å². The largest absolute Gasteiger partial charge is 0.377 e. The maximum absolute atomic E-state index is 5.62. The van der Waals surface area contributed by atoms with Crippen LogP contribution in [0.2, 0.25) is 0 Å². The SMILES string of the molecule is C=CCCCOCc1ccc(CCNC2CC2)cc1. The average Bonchev–Trinajstić information content (AvgIpc) is 3.24. The number of hydrogen-bond donors (Lipinski definition) is 1. The lowest BCUT2D eigenvalue weighted by Crippen LogP contribution is -2.19. The molecule has 0 saturated heterocycles. The highest BCUT2D eigenvalue weighted by atomic mass is 16.5. The van der Waals surface area contributed by atoms with Gasteiger partial charge in [0.2, 0.25) is 0 Å². The molecule has 0 atom stereocenters. The van der Waals surface area contributed by atoms with E-state index < -0.39 is 0 Å². The van der Waals surface area contributed by atoms with E-state index >= 15 is 0 Å². The van der Waals surface area contributed by atoms with E-state index in [0.29, 0.717) is 0 Å². The molecule has 0 aromatic heterocycles. The van der Waals surface area contributed by atoms with Crippen molar-refractivity contribution in [2.75, 3.05) is 13.2 Å². The highest BCUT2D eigenvalue weighted by Crippen LogP contribution is 2.18. The van der Waals surface area contributed by atoms with E-state index in [1.54, 1.807) is 0 Å². The minimum atomic E-state index is 0.720. The highest BCUT2D eigenvalue weighted by molar-refractivity contribution is 5.22. The molecule has 0 amide bonds. The zero-order valence-electron chi connectivity index (χ0n) is 11.7. The van der Waals surface area contributed by atoms with Crippen LogP contribution in [0.5, 0.6) is 0 Å². The summed E-state index contributed by atoms with van der Waals surface area (Å²) in [7, 11) is 0. The van der Waals surface area contributed by atoms with Gasteiger partial charge in [0, 0.05) is 12.6 Å². The van der Waals surface area contributed by atoms with Gasteiger partial charge in [-0.05, 0) is 49.8 Å². The molecule has 0 unspecified atom stereocenters. The van der Waals surface area contributed by atoms with Crippen LogP contribution >= 0.6 is 0 Å². The van der Waals surface area contributed by atoms with Crippen molar-refractivity contribution in [1.29, 1.82) is 0 Å². The number of rotatable bonds is 10. The van der Waals surface area contributed by atoms with E-state index in [1.165, 1.54) is 24.0 Å². The molecule has 1 fully saturated rings. The molecule has 2 rings (SSSR count). The average molecular weight is 259 g/mol. The van der Waals surface area contributed by atoms with Crippen LogP contribution in [0.4, 0.5) is 0 Å². The van der Waals surface area contributed by atoms with Gasteiger partial charge in [-0.25, -0.2) is 0 Å². The molecule has 0 bridgehead atoms. The first kappa shape index (κ1) is 14.3. The van der Waals surface area contributed by atoms with Crippen molar-refractivity contribution in [3.63, 3.8) is 0 Å². The third-order valence-electron chi connectivity index (χ3n) is 3.41. The molecule has 2 nitrogen and oxygen atoms in total. The molecular formula is C17H25NO. The quantitative estimate of drug-likeness (QED) is 0.513. The smallest absolute Gasteiger partial charge is 0.0716 e. The molecule has 19 heavy (non-hydrogen) atoms. The van der Waals surface area contributed by atoms with Crippen LogP contribution in [0, 0.1) is 0 Å². The normalized spacial score (nSPS) is 14.5. The first-order valence-electron chi connectivity index (χ1n) is 7.38. The van der Waals surface area contributed by atoms with Crippen molar-refractivity contribution in [2.45, 2.75) is 44.8 Å². The van der Waals surface area contributed by atoms with Crippen LogP contribution in [-0.4, -0.2) is 19.2 Å². The highest BCUT2D eigenvalue weighted by Gasteiger charge is 2.19. The number of benzene rings is 1. The van der Waals surface area contributed by atoms with Crippen LogP contribution in [0.15, 0.2) is 36.9 Å². The Balaban J connectivity index is 1.61. The molecule has 1 saturated carbocycles. The lowest BCUT2D eigenvalue weighted by Gasteiger charge is -2.06. The minimum Gasteiger partial charge on any atom is -0.377 e. The van der Waals surface area contributed by atoms with Gasteiger partial charge in [-0.3, -0.25) is 0 Å². The second-order valence-electron chi connectivity index (χ2n) is 5.28. The van der Waals surface area contributed by atoms with Crippen LogP contribution < -0.4 is 5.32 Å². The molecule has 1 aliphatic rings. The fraction of sp³-hybridized carbons (Fsp3) is 0.529. The van der Waals surface area contributed by atoms with Gasteiger partial charge in [-0.1, -0.05) is 30.3 Å². The first-order chi connectivity index (χ1) is 9.38. The zero-order valence-corrected chi connectivity index (χ0v) is 11.7. The molecule has 1 aromatic carbocycles. The molecule has 1 N–H and O–H groups in total. The third-order valence-corrected chi connectivity index (χ3v) is 3.41. The summed E-state index contributed by atoms with van der Waals surface area (Å²) in [5.74, 6) is 0. The summed E-state index contributed by atoms with van der Waals surface area (Å²) < 4.78 is 5.62. The fourth-order valence-electron chi connectivity index (χ4n) is 2.03. The van der Waals surface area contributed by atoms with E-state index in [2.05, 4.69) is 36.2 Å². The van der Waals surface area contributed by atoms with Crippen molar-refractivity contribution in [2.24, 2.45) is 0 Å². The monoisotopic (exact) mass is 259 g/mol. The van der Waals surface area contributed by atoms with Crippen LogP contribution in [0.1, 0.15) is 36.8 Å². The van der Waals surface area contributed by atoms with Crippen molar-refractivity contribution >= 4 is 0 Å². The van der Waals surface area contributed by atoms with Gasteiger partial charge in [0.15, 0.2) is 0 Å². The molecular weight excluding hydrogens is 234 g/mol. The standard InChI is InChI=1S/C17H25NO/c1-2-3-4-13-19-14-16-7-5-15(6-8-16)11-12-18-17-9-10-17/h2,5-8,17-18H,1,3-4,9-14H2. The maximum Gasteiger partial charge on any atom is 0.0716 e. The Hall–Kier alpha value is -1.12. The Morgan fingerprint density at radius 2 is 1.95 bits per heavy atom. The number of unbranched alkanes of at least 4 members (excludes halogenated alkanes) is 1. The number of nitrogens with one attached hydrogen (secondary N) is 1. The van der Waals surface area contributed by atoms with E-state index in [0.717, 1.165) is 45.1 Å². The molecule has 104 valence electrons. The molecule has 0 heterocycles. The van der Waals surface area contributed by atoms with E-state index in [1.807, 2.05) is 6.08 Å². The van der Waals surface area contributed by atoms with Gasteiger partial charge in [0.25, 0.3) is 0 Å². The fourth-order valence-corrected chi connectivity index (χ4v) is 2.03. The van der Waals surface area contributed by atoms with Crippen molar-refractivity contribution in [1.82, 2.24) is 5.32 Å². The Morgan fingerprint density at radius 1 is 1.21 bits per heavy atom. The molecule has 0 aliphatic heterocycles. The van der Waals surface area contributed by atoms with Gasteiger partial charge in [0.1, 0.15) is 0 Å². The molecule has 0 radical (unpaired) electrons. The molecule has 0 spiro atoms. The van der Waals surface area contributed by atoms with Gasteiger partial charge < -0.3 is 10.1 Å². The second-order valence-corrected chi connectivity index (χ2v) is 5.28. The Bertz CT molecular complexity index is 367. The summed E-state index contributed by atoms with van der Waals surface area (Å²) in [5.41, 5.74) is 2.67. The number of ether oxygens (including phenoxy) is 1. The van der Waals surface area contributed by atoms with Crippen LogP contribution in [0.3, 0.4) is 0 Å². The van der Waals surface area contributed by atoms with Gasteiger partial charge in [0.05, 0.1) is 6.61 Å². The van der Waals surface area contributed by atoms with E-state index in [4.69, 9.17) is 4.74 Å². The predicted octanol–water partition coefficient (Wildman–Crippen LogP) is 3.46. The summed E-state index contributed by atoms with van der Waals surface area (Å²) >= 11 is 0. The van der Waals surface area contributed by atoms with Gasteiger partial charge in [-0.15, -0.1) is 6.58 Å². The number of hydrogen-bond acceptors (Lipinski definition) is 2. The minimum absolute atomic E-state index is 0.720. The van der Waals surface area contributed by atoms with E-state index in [-0.39, 0.29) is 0 Å². The van der Waals surface area contributed by atoms with Crippen molar-refractivity contribution in [3.8, 4) is 0 Å². The molecule has 2 heteroatoms. The summed E-state index contributed by atoms with van der Waals surface area (Å²) in [5, 5.41) is 3.54. The Morgan fingerprint density at radius 3 is 2.63 bits per heavy atom. The van der Waals surface area contributed by atoms with Gasteiger partial charge >= 0.3 is 0 Å². The lowest BCUT2D eigenvalue weighted by molar-refractivity contribution is 0.119. The Labute approximate surface area is 116 Å². The Kier molecular flexibility index (Phi) is 6.12. The van der Waals surface area contributed by atoms with E-state index in [9.17, 15) is 0 Å². The summed E-state index contributed by atoms with van der Waals surface area (Å²) in [6.45, 7) is 6.34. The second kappa shape index (κ2) is 8.13. The zero-order chi connectivity index (χ0) is 13.3. The van der Waals surface area contributed by atoms with Gasteiger partial charge in [-0.2, -0.15) is 0 Å². The summed E-state index contributed by atoms with van der Waals surface area (Å²) in [4.78, 5) is 0. The van der Waals surface area contributed by atoms with Crippen molar-refractivity contribution < 1.29 is 4.74 Å². The lowest BCUT2D eigenvalue weighted by atomic mass is 10.1. The predicted molar refractivity (Wildman–Crippen MR) is 80.3 cm³/mol.